The van der Waals surface area contributed by atoms with Crippen molar-refractivity contribution in [2.75, 3.05) is 0 Å². The molecule has 0 bridgehead atoms. The number of ether oxygens (including phenoxy) is 2. The van der Waals surface area contributed by atoms with Crippen LogP contribution >= 0.6 is 0 Å². The van der Waals surface area contributed by atoms with Gasteiger partial charge in [0.05, 0.1) is 17.7 Å². The second-order valence-corrected chi connectivity index (χ2v) is 8.06. The Labute approximate surface area is 209 Å². The van der Waals surface area contributed by atoms with E-state index in [9.17, 15) is 35.9 Å². The lowest BCUT2D eigenvalue weighted by Crippen LogP contribution is -2.18. The summed E-state index contributed by atoms with van der Waals surface area (Å²) in [6.07, 6.45) is -8.99. The van der Waals surface area contributed by atoms with Gasteiger partial charge in [-0.2, -0.15) is 26.3 Å². The lowest BCUT2D eigenvalue weighted by atomic mass is 10.1. The number of benzene rings is 3. The third kappa shape index (κ3) is 6.47. The minimum absolute atomic E-state index is 0.0926. The number of aromatic nitrogens is 2. The molecule has 0 saturated carbocycles. The second kappa shape index (κ2) is 10.5. The molecule has 0 amide bonds. The fraction of sp³-hybridized carbons (Fsp3) is 0.200. The van der Waals surface area contributed by atoms with Crippen LogP contribution in [-0.4, -0.2) is 9.72 Å². The van der Waals surface area contributed by atoms with Crippen LogP contribution in [0.5, 0.6) is 11.5 Å². The van der Waals surface area contributed by atoms with Gasteiger partial charge in [0.1, 0.15) is 13.2 Å². The molecule has 13 heteroatoms. The fourth-order valence-electron chi connectivity index (χ4n) is 3.43. The largest absolute Gasteiger partial charge is 0.485 e. The van der Waals surface area contributed by atoms with Crippen LogP contribution in [0.25, 0.3) is 0 Å². The van der Waals surface area contributed by atoms with Crippen molar-refractivity contribution in [2.45, 2.75) is 32.1 Å². The molecular formula is C25H18F6N2O5. The van der Waals surface area contributed by atoms with Crippen molar-refractivity contribution in [2.24, 2.45) is 0 Å². The maximum Gasteiger partial charge on any atom is 0.440 e. The molecule has 0 aliphatic carbocycles. The molecule has 0 spiro atoms. The first-order valence-corrected chi connectivity index (χ1v) is 10.9. The molecule has 0 atom stereocenters. The summed E-state index contributed by atoms with van der Waals surface area (Å²) in [6, 6.07) is 13.2. The molecule has 1 aromatic heterocycles. The van der Waals surface area contributed by atoms with Crippen molar-refractivity contribution in [1.82, 2.24) is 9.72 Å². The molecule has 4 rings (SSSR count). The average molecular weight is 540 g/mol. The van der Waals surface area contributed by atoms with Crippen LogP contribution < -0.4 is 20.9 Å². The molecule has 1 N–H and O–H groups in total. The number of H-pyrrole nitrogens is 1. The highest BCUT2D eigenvalue weighted by Crippen LogP contribution is 2.34. The van der Waals surface area contributed by atoms with Gasteiger partial charge < -0.3 is 14.0 Å². The van der Waals surface area contributed by atoms with E-state index in [1.54, 1.807) is 12.1 Å². The molecule has 0 unspecified atom stereocenters. The molecule has 0 radical (unpaired) electrons. The SMILES string of the molecule is O=c1[nH]c(=O)n(Cc2cccc(OCc3ccc(C(F)(F)F)cc3)c2OCc2ccc(C(F)(F)F)cc2)o1. The molecule has 1 heterocycles. The lowest BCUT2D eigenvalue weighted by molar-refractivity contribution is -0.138. The Morgan fingerprint density at radius 1 is 0.737 bits per heavy atom. The molecule has 0 fully saturated rings. The zero-order valence-corrected chi connectivity index (χ0v) is 19.2. The number of halogens is 6. The van der Waals surface area contributed by atoms with Crippen molar-refractivity contribution in [1.29, 1.82) is 0 Å². The quantitative estimate of drug-likeness (QED) is 0.304. The van der Waals surface area contributed by atoms with Gasteiger partial charge in [-0.3, -0.25) is 0 Å². The Kier molecular flexibility index (Phi) is 7.37. The monoisotopic (exact) mass is 540 g/mol. The van der Waals surface area contributed by atoms with Crippen molar-refractivity contribution >= 4 is 0 Å². The number of hydrogen-bond acceptors (Lipinski definition) is 5. The summed E-state index contributed by atoms with van der Waals surface area (Å²) in [5, 5.41) is 0. The van der Waals surface area contributed by atoms with Crippen LogP contribution in [0, 0.1) is 0 Å². The second-order valence-electron chi connectivity index (χ2n) is 8.06. The van der Waals surface area contributed by atoms with Crippen LogP contribution in [0.4, 0.5) is 26.3 Å². The Bertz CT molecular complexity index is 1500. The minimum Gasteiger partial charge on any atom is -0.485 e. The van der Waals surface area contributed by atoms with E-state index < -0.39 is 34.9 Å². The molecule has 0 saturated heterocycles. The van der Waals surface area contributed by atoms with Gasteiger partial charge in [0, 0.05) is 5.56 Å². The zero-order chi connectivity index (χ0) is 27.5. The van der Waals surface area contributed by atoms with Gasteiger partial charge in [0.15, 0.2) is 11.5 Å². The predicted molar refractivity (Wildman–Crippen MR) is 121 cm³/mol. The van der Waals surface area contributed by atoms with Gasteiger partial charge >= 0.3 is 23.8 Å². The molecule has 0 aliphatic heterocycles. The van der Waals surface area contributed by atoms with Gasteiger partial charge in [-0.1, -0.05) is 36.4 Å². The van der Waals surface area contributed by atoms with Crippen LogP contribution in [0.1, 0.15) is 27.8 Å². The highest BCUT2D eigenvalue weighted by molar-refractivity contribution is 5.47. The molecule has 38 heavy (non-hydrogen) atoms. The van der Waals surface area contributed by atoms with Gasteiger partial charge in [-0.15, -0.1) is 4.74 Å². The highest BCUT2D eigenvalue weighted by atomic mass is 19.4. The Morgan fingerprint density at radius 2 is 1.26 bits per heavy atom. The summed E-state index contributed by atoms with van der Waals surface area (Å²) in [5.41, 5.74) is -1.32. The van der Waals surface area contributed by atoms with Crippen LogP contribution in [-0.2, 0) is 32.1 Å². The van der Waals surface area contributed by atoms with Gasteiger partial charge in [-0.05, 0) is 41.5 Å². The summed E-state index contributed by atoms with van der Waals surface area (Å²) >= 11 is 0. The summed E-state index contributed by atoms with van der Waals surface area (Å²) in [4.78, 5) is 25.2. The van der Waals surface area contributed by atoms with E-state index in [0.717, 1.165) is 29.0 Å². The molecule has 0 aliphatic rings. The standard InChI is InChI=1S/C25H18F6N2O5/c26-24(27,28)18-8-4-15(5-9-18)13-36-20-3-1-2-17(12-33-22(34)32-23(35)38-33)21(20)37-14-16-6-10-19(11-7-16)25(29,30)31/h1-11H,12-14H2,(H,32,34,35). The number of nitrogens with one attached hydrogen (secondary N) is 1. The topological polar surface area (TPSA) is 86.5 Å². The Balaban J connectivity index is 1.58. The third-order valence-electron chi connectivity index (χ3n) is 5.34. The number of hydrogen-bond donors (Lipinski definition) is 1. The van der Waals surface area contributed by atoms with E-state index in [-0.39, 0.29) is 31.3 Å². The first-order valence-electron chi connectivity index (χ1n) is 10.9. The normalized spacial score (nSPS) is 11.9. The van der Waals surface area contributed by atoms with E-state index in [1.165, 1.54) is 30.3 Å². The minimum atomic E-state index is -4.50. The highest BCUT2D eigenvalue weighted by Gasteiger charge is 2.30. The number of nitrogens with zero attached hydrogens (tertiary/aromatic N) is 1. The van der Waals surface area contributed by atoms with Crippen LogP contribution in [0.2, 0.25) is 0 Å². The number of para-hydroxylation sites is 1. The van der Waals surface area contributed by atoms with Crippen LogP contribution in [0.15, 0.2) is 80.8 Å². The van der Waals surface area contributed by atoms with Gasteiger partial charge in [0.25, 0.3) is 0 Å². The summed E-state index contributed by atoms with van der Waals surface area (Å²) in [5.74, 6) is -0.743. The Hall–Kier alpha value is -4.42. The maximum absolute atomic E-state index is 12.9. The van der Waals surface area contributed by atoms with Crippen molar-refractivity contribution < 1.29 is 40.3 Å². The van der Waals surface area contributed by atoms with Crippen molar-refractivity contribution in [3.8, 4) is 11.5 Å². The fourth-order valence-corrected chi connectivity index (χ4v) is 3.43. The van der Waals surface area contributed by atoms with Crippen molar-refractivity contribution in [3.05, 3.63) is 116 Å². The molecule has 4 aromatic rings. The van der Waals surface area contributed by atoms with E-state index in [2.05, 4.69) is 0 Å². The van der Waals surface area contributed by atoms with Gasteiger partial charge in [0.2, 0.25) is 0 Å². The Morgan fingerprint density at radius 3 is 1.74 bits per heavy atom. The van der Waals surface area contributed by atoms with Crippen LogP contribution in [0.3, 0.4) is 0 Å². The third-order valence-corrected chi connectivity index (χ3v) is 5.34. The molecule has 3 aromatic carbocycles. The predicted octanol–water partition coefficient (Wildman–Crippen LogP) is 5.37. The van der Waals surface area contributed by atoms with E-state index in [1.807, 2.05) is 4.98 Å². The molecule has 200 valence electrons. The number of alkyl halides is 6. The van der Waals surface area contributed by atoms with Gasteiger partial charge in [-0.25, -0.2) is 14.6 Å². The lowest BCUT2D eigenvalue weighted by Gasteiger charge is -2.17. The first-order chi connectivity index (χ1) is 17.9. The van der Waals surface area contributed by atoms with E-state index in [4.69, 9.17) is 14.0 Å². The molecular weight excluding hydrogens is 522 g/mol. The average Bonchev–Trinajstić information content (AvgIpc) is 3.17. The first kappa shape index (κ1) is 26.6. The number of rotatable bonds is 8. The molecule has 7 nitrogen and oxygen atoms in total. The summed E-state index contributed by atoms with van der Waals surface area (Å²) in [7, 11) is 0. The number of aromatic amines is 1. The summed E-state index contributed by atoms with van der Waals surface area (Å²) < 4.78 is 94.2. The smallest absolute Gasteiger partial charge is 0.440 e. The maximum atomic E-state index is 12.9. The van der Waals surface area contributed by atoms with Crippen molar-refractivity contribution in [3.63, 3.8) is 0 Å². The summed E-state index contributed by atoms with van der Waals surface area (Å²) in [6.45, 7) is -0.577. The van der Waals surface area contributed by atoms with E-state index >= 15 is 0 Å². The van der Waals surface area contributed by atoms with E-state index in [0.29, 0.717) is 16.7 Å². The zero-order valence-electron chi connectivity index (χ0n) is 19.2.